The Morgan fingerprint density at radius 1 is 1.32 bits per heavy atom. The van der Waals surface area contributed by atoms with Gasteiger partial charge >= 0.3 is 6.18 Å². The van der Waals surface area contributed by atoms with Gasteiger partial charge in [0, 0.05) is 5.88 Å². The van der Waals surface area contributed by atoms with Crippen molar-refractivity contribution in [2.45, 2.75) is 31.6 Å². The molecule has 0 radical (unpaired) electrons. The summed E-state index contributed by atoms with van der Waals surface area (Å²) in [7, 11) is -2.04. The summed E-state index contributed by atoms with van der Waals surface area (Å²) >= 11 is 5.65. The molecular formula is C14H18ClF3Si. The van der Waals surface area contributed by atoms with E-state index >= 15 is 0 Å². The Balaban J connectivity index is 3.01. The largest absolute Gasteiger partial charge is 0.416 e. The van der Waals surface area contributed by atoms with Crippen molar-refractivity contribution in [3.8, 4) is 0 Å². The van der Waals surface area contributed by atoms with Crippen LogP contribution in [0.4, 0.5) is 13.2 Å². The van der Waals surface area contributed by atoms with Gasteiger partial charge in [0.15, 0.2) is 0 Å². The standard InChI is InChI=1S/C14H18ClF3Si/c1-3-19(2,10-5-4-9-15)13-8-6-7-12(11-13)14(16,17)18/h3,6-8,11H,1,4-5,9-10H2,2H3. The average molecular weight is 307 g/mol. The van der Waals surface area contributed by atoms with Crippen LogP contribution < -0.4 is 5.19 Å². The van der Waals surface area contributed by atoms with Crippen molar-refractivity contribution in [1.82, 2.24) is 0 Å². The molecular weight excluding hydrogens is 289 g/mol. The van der Waals surface area contributed by atoms with Crippen LogP contribution >= 0.6 is 11.6 Å². The molecule has 1 atom stereocenters. The van der Waals surface area contributed by atoms with Crippen LogP contribution in [0, 0.1) is 0 Å². The van der Waals surface area contributed by atoms with Gasteiger partial charge in [0.1, 0.15) is 8.07 Å². The van der Waals surface area contributed by atoms with E-state index in [1.165, 1.54) is 12.1 Å². The summed E-state index contributed by atoms with van der Waals surface area (Å²) in [5.74, 6) is 0.588. The highest BCUT2D eigenvalue weighted by Gasteiger charge is 2.33. The molecule has 0 spiro atoms. The summed E-state index contributed by atoms with van der Waals surface area (Å²) in [6, 6.07) is 6.53. The fraction of sp³-hybridized carbons (Fsp3) is 0.429. The van der Waals surface area contributed by atoms with Gasteiger partial charge < -0.3 is 0 Å². The van der Waals surface area contributed by atoms with Crippen LogP contribution in [0.3, 0.4) is 0 Å². The predicted molar refractivity (Wildman–Crippen MR) is 77.7 cm³/mol. The molecule has 0 saturated carbocycles. The van der Waals surface area contributed by atoms with E-state index in [4.69, 9.17) is 11.6 Å². The van der Waals surface area contributed by atoms with Gasteiger partial charge in [0.05, 0.1) is 5.56 Å². The van der Waals surface area contributed by atoms with Crippen molar-refractivity contribution < 1.29 is 13.2 Å². The van der Waals surface area contributed by atoms with Crippen LogP contribution in [0.2, 0.25) is 12.6 Å². The topological polar surface area (TPSA) is 0 Å². The first-order valence-corrected chi connectivity index (χ1v) is 9.53. The van der Waals surface area contributed by atoms with E-state index in [1.54, 1.807) is 6.07 Å². The Morgan fingerprint density at radius 3 is 2.53 bits per heavy atom. The van der Waals surface area contributed by atoms with Gasteiger partial charge in [-0.3, -0.25) is 0 Å². The van der Waals surface area contributed by atoms with Crippen LogP contribution in [0.15, 0.2) is 36.5 Å². The first-order chi connectivity index (χ1) is 8.83. The lowest BCUT2D eigenvalue weighted by Crippen LogP contribution is -2.43. The van der Waals surface area contributed by atoms with Gasteiger partial charge in [-0.1, -0.05) is 54.2 Å². The molecule has 0 aromatic heterocycles. The lowest BCUT2D eigenvalue weighted by Gasteiger charge is -2.24. The molecule has 0 aliphatic heterocycles. The smallest absolute Gasteiger partial charge is 0.166 e. The molecule has 1 unspecified atom stereocenters. The fourth-order valence-electron chi connectivity index (χ4n) is 2.00. The van der Waals surface area contributed by atoms with Crippen molar-refractivity contribution in [1.29, 1.82) is 0 Å². The molecule has 0 aliphatic carbocycles. The lowest BCUT2D eigenvalue weighted by molar-refractivity contribution is -0.137. The van der Waals surface area contributed by atoms with Gasteiger partial charge in [-0.15, -0.1) is 18.2 Å². The Kier molecular flexibility index (Phi) is 5.68. The highest BCUT2D eigenvalue weighted by atomic mass is 35.5. The van der Waals surface area contributed by atoms with E-state index in [9.17, 15) is 13.2 Å². The predicted octanol–water partition coefficient (Wildman–Crippen LogP) is 4.74. The molecule has 0 fully saturated rings. The highest BCUT2D eigenvalue weighted by Crippen LogP contribution is 2.29. The first-order valence-electron chi connectivity index (χ1n) is 6.21. The zero-order chi connectivity index (χ0) is 14.5. The minimum atomic E-state index is -4.29. The van der Waals surface area contributed by atoms with Gasteiger partial charge in [-0.05, 0) is 6.42 Å². The molecule has 0 N–H and O–H groups in total. The monoisotopic (exact) mass is 306 g/mol. The summed E-state index contributed by atoms with van der Waals surface area (Å²) in [5.41, 5.74) is 1.28. The van der Waals surface area contributed by atoms with E-state index in [0.29, 0.717) is 5.88 Å². The van der Waals surface area contributed by atoms with Crippen LogP contribution in [0.5, 0.6) is 0 Å². The number of halogens is 4. The van der Waals surface area contributed by atoms with Crippen LogP contribution in [0.25, 0.3) is 0 Å². The second kappa shape index (κ2) is 6.62. The summed E-state index contributed by atoms with van der Waals surface area (Å²) in [5, 5.41) is 0.784. The Bertz CT molecular complexity index is 431. The maximum Gasteiger partial charge on any atom is 0.416 e. The Hall–Kier alpha value is -0.743. The number of unbranched alkanes of at least 4 members (excludes halogenated alkanes) is 1. The van der Waals surface area contributed by atoms with E-state index in [0.717, 1.165) is 30.1 Å². The minimum Gasteiger partial charge on any atom is -0.166 e. The van der Waals surface area contributed by atoms with Gasteiger partial charge in [-0.2, -0.15) is 13.2 Å². The third kappa shape index (κ3) is 4.39. The number of rotatable bonds is 6. The van der Waals surface area contributed by atoms with Crippen molar-refractivity contribution in [3.63, 3.8) is 0 Å². The Morgan fingerprint density at radius 2 is 2.00 bits per heavy atom. The summed E-state index contributed by atoms with van der Waals surface area (Å²) < 4.78 is 38.2. The summed E-state index contributed by atoms with van der Waals surface area (Å²) in [6.07, 6.45) is -2.48. The average Bonchev–Trinajstić information content (AvgIpc) is 2.38. The zero-order valence-corrected chi connectivity index (χ0v) is 12.7. The number of hydrogen-bond acceptors (Lipinski definition) is 0. The molecule has 1 aromatic rings. The van der Waals surface area contributed by atoms with Gasteiger partial charge in [0.2, 0.25) is 0 Å². The molecule has 1 aromatic carbocycles. The molecule has 0 saturated heterocycles. The molecule has 0 aliphatic rings. The fourth-order valence-corrected chi connectivity index (χ4v) is 4.87. The number of hydrogen-bond donors (Lipinski definition) is 0. The van der Waals surface area contributed by atoms with Gasteiger partial charge in [-0.25, -0.2) is 0 Å². The maximum absolute atomic E-state index is 12.7. The van der Waals surface area contributed by atoms with Crippen molar-refractivity contribution >= 4 is 24.9 Å². The normalized spacial score (nSPS) is 15.0. The maximum atomic E-state index is 12.7. The number of benzene rings is 1. The second-order valence-corrected chi connectivity index (χ2v) is 9.54. The van der Waals surface area contributed by atoms with Crippen LogP contribution in [0.1, 0.15) is 18.4 Å². The van der Waals surface area contributed by atoms with Crippen LogP contribution in [-0.2, 0) is 6.18 Å². The molecule has 0 nitrogen and oxygen atoms in total. The van der Waals surface area contributed by atoms with E-state index < -0.39 is 19.8 Å². The molecule has 0 heterocycles. The van der Waals surface area contributed by atoms with E-state index in [2.05, 4.69) is 6.58 Å². The van der Waals surface area contributed by atoms with Crippen LogP contribution in [-0.4, -0.2) is 14.0 Å². The van der Waals surface area contributed by atoms with Gasteiger partial charge in [0.25, 0.3) is 0 Å². The molecule has 19 heavy (non-hydrogen) atoms. The third-order valence-corrected chi connectivity index (χ3v) is 7.57. The summed E-state index contributed by atoms with van der Waals surface area (Å²) in [4.78, 5) is 0. The highest BCUT2D eigenvalue weighted by molar-refractivity contribution is 6.94. The van der Waals surface area contributed by atoms with E-state index in [1.807, 2.05) is 12.2 Å². The third-order valence-electron chi connectivity index (χ3n) is 3.38. The molecule has 0 amide bonds. The van der Waals surface area contributed by atoms with Crippen molar-refractivity contribution in [3.05, 3.63) is 42.1 Å². The SMILES string of the molecule is C=C[Si](C)(CCCCCl)c1cccc(C(F)(F)F)c1. The molecule has 106 valence electrons. The van der Waals surface area contributed by atoms with Crippen molar-refractivity contribution in [2.24, 2.45) is 0 Å². The zero-order valence-electron chi connectivity index (χ0n) is 10.9. The van der Waals surface area contributed by atoms with E-state index in [-0.39, 0.29) is 0 Å². The minimum absolute atomic E-state index is 0.581. The molecule has 5 heteroatoms. The first kappa shape index (κ1) is 16.3. The number of alkyl halides is 4. The second-order valence-electron chi connectivity index (χ2n) is 4.85. The Labute approximate surface area is 118 Å². The quantitative estimate of drug-likeness (QED) is 0.405. The molecule has 0 bridgehead atoms. The lowest BCUT2D eigenvalue weighted by atomic mass is 10.2. The van der Waals surface area contributed by atoms with Crippen molar-refractivity contribution in [2.75, 3.05) is 5.88 Å². The molecule has 1 rings (SSSR count). The summed E-state index contributed by atoms with van der Waals surface area (Å²) in [6.45, 7) is 5.87.